The number of unbranched alkanes of at least 4 members (excludes halogenated alkanes) is 1. The summed E-state index contributed by atoms with van der Waals surface area (Å²) in [6.07, 6.45) is 2.86. The monoisotopic (exact) mass is 529 g/mol. The number of rotatable bonds is 16. The van der Waals surface area contributed by atoms with Crippen LogP contribution in [0, 0.1) is 0 Å². The zero-order valence-corrected chi connectivity index (χ0v) is 21.1. The number of hydrogen-bond donors (Lipinski definition) is 7. The molecule has 2 aromatic rings. The molecule has 13 nitrogen and oxygen atoms in total. The number of nitrogens with zero attached hydrogens (tertiary/aromatic N) is 1. The van der Waals surface area contributed by atoms with Gasteiger partial charge in [-0.05, 0) is 57.0 Å². The third-order valence-electron chi connectivity index (χ3n) is 5.89. The van der Waals surface area contributed by atoms with Gasteiger partial charge in [0.15, 0.2) is 0 Å². The maximum Gasteiger partial charge on any atom is 0.303 e. The lowest BCUT2D eigenvalue weighted by Crippen LogP contribution is -2.53. The number of carboxylic acid groups (broad SMARTS) is 1. The first-order valence-electron chi connectivity index (χ1n) is 12.3. The van der Waals surface area contributed by atoms with Crippen LogP contribution in [0.4, 0.5) is 0 Å². The number of aliphatic imine (C=N–C) groups is 1. The van der Waals surface area contributed by atoms with E-state index in [9.17, 15) is 24.0 Å². The van der Waals surface area contributed by atoms with Gasteiger partial charge in [-0.1, -0.05) is 18.2 Å². The summed E-state index contributed by atoms with van der Waals surface area (Å²) in [5.74, 6) is -3.84. The van der Waals surface area contributed by atoms with E-state index in [1.54, 1.807) is 6.20 Å². The molecule has 206 valence electrons. The van der Waals surface area contributed by atoms with Crippen molar-refractivity contribution in [3.8, 4) is 0 Å². The average Bonchev–Trinajstić information content (AvgIpc) is 3.31. The molecule has 38 heavy (non-hydrogen) atoms. The topological polar surface area (TPSA) is 222 Å². The second-order valence-electron chi connectivity index (χ2n) is 8.78. The number of carboxylic acids is 1. The van der Waals surface area contributed by atoms with Crippen molar-refractivity contribution in [3.63, 3.8) is 0 Å². The van der Waals surface area contributed by atoms with Gasteiger partial charge in [-0.15, -0.1) is 0 Å². The zero-order valence-electron chi connectivity index (χ0n) is 21.1. The summed E-state index contributed by atoms with van der Waals surface area (Å²) in [6.45, 7) is 3.11. The lowest BCUT2D eigenvalue weighted by atomic mass is 10.0. The van der Waals surface area contributed by atoms with Crippen LogP contribution in [-0.4, -0.2) is 77.6 Å². The van der Waals surface area contributed by atoms with Crippen molar-refractivity contribution < 1.29 is 29.1 Å². The number of aromatic amines is 1. The van der Waals surface area contributed by atoms with Gasteiger partial charge in [-0.2, -0.15) is 0 Å². The minimum absolute atomic E-state index is 0.183. The van der Waals surface area contributed by atoms with Gasteiger partial charge in [0.25, 0.3) is 5.91 Å². The normalized spacial score (nSPS) is 13.2. The van der Waals surface area contributed by atoms with E-state index in [1.807, 2.05) is 24.3 Å². The molecule has 13 heteroatoms. The predicted octanol–water partition coefficient (Wildman–Crippen LogP) is -0.655. The number of nitrogens with two attached hydrogens (primary N) is 2. The summed E-state index contributed by atoms with van der Waals surface area (Å²) in [7, 11) is 0. The van der Waals surface area contributed by atoms with Gasteiger partial charge in [-0.3, -0.25) is 24.0 Å². The number of benzene rings is 1. The number of carbonyl (C=O) groups excluding carboxylic acids is 4. The molecule has 0 fully saturated rings. The van der Waals surface area contributed by atoms with E-state index in [-0.39, 0.29) is 12.8 Å². The Kier molecular flexibility index (Phi) is 12.1. The Labute approximate surface area is 219 Å². The average molecular weight is 530 g/mol. The maximum absolute atomic E-state index is 12.8. The summed E-state index contributed by atoms with van der Waals surface area (Å²) in [5, 5.41) is 17.3. The largest absolute Gasteiger partial charge is 0.481 e. The van der Waals surface area contributed by atoms with Crippen molar-refractivity contribution >= 4 is 47.2 Å². The molecule has 0 bridgehead atoms. The first-order chi connectivity index (χ1) is 18.2. The van der Waals surface area contributed by atoms with Gasteiger partial charge in [0, 0.05) is 23.5 Å². The van der Waals surface area contributed by atoms with E-state index >= 15 is 0 Å². The van der Waals surface area contributed by atoms with Crippen LogP contribution in [0.1, 0.15) is 37.7 Å². The highest BCUT2D eigenvalue weighted by Gasteiger charge is 2.26. The number of nitrogens with one attached hydrogen (secondary N) is 4. The maximum atomic E-state index is 12.8. The summed E-state index contributed by atoms with van der Waals surface area (Å²) < 4.78 is 0. The van der Waals surface area contributed by atoms with E-state index in [0.29, 0.717) is 25.8 Å². The molecular formula is C25H35N7O6. The van der Waals surface area contributed by atoms with Crippen LogP contribution in [0.25, 0.3) is 10.9 Å². The number of carbonyl (C=O) groups is 5. The molecule has 0 radical (unpaired) electrons. The van der Waals surface area contributed by atoms with Gasteiger partial charge >= 0.3 is 5.97 Å². The minimum atomic E-state index is -1.24. The quantitative estimate of drug-likeness (QED) is 0.109. The molecular weight excluding hydrogens is 494 g/mol. The lowest BCUT2D eigenvalue weighted by molar-refractivity contribution is -0.138. The second kappa shape index (κ2) is 15.2. The Balaban J connectivity index is 1.97. The first kappa shape index (κ1) is 30.1. The number of H-pyrrole nitrogens is 1. The van der Waals surface area contributed by atoms with Crippen LogP contribution in [0.3, 0.4) is 0 Å². The number of fused-ring (bicyclic) bond motifs is 1. The molecule has 0 saturated heterocycles. The standard InChI is InChI=1S/C25H35N7O6/c1-28-24(37)19(8-4-5-11-26)31-21(33)14-30-25(38)20(9-10-22(34)35)32-23(36)17(27)12-15-13-29-18-7-3-2-6-16(15)18/h2-3,6-7,13,17,19-20,29H,1,4-5,8-12,14,26-27H2,(H,30,38)(H,31,33)(H,32,36)(H,34,35)/t17-,19-,20-/m0/s1. The van der Waals surface area contributed by atoms with Crippen molar-refractivity contribution in [2.75, 3.05) is 13.1 Å². The third-order valence-corrected chi connectivity index (χ3v) is 5.89. The molecule has 9 N–H and O–H groups in total. The summed E-state index contributed by atoms with van der Waals surface area (Å²) in [5.41, 5.74) is 13.2. The highest BCUT2D eigenvalue weighted by atomic mass is 16.4. The number of para-hydroxylation sites is 1. The summed E-state index contributed by atoms with van der Waals surface area (Å²) in [4.78, 5) is 67.3. The molecule has 0 aliphatic carbocycles. The third kappa shape index (κ3) is 9.41. The Morgan fingerprint density at radius 1 is 1.03 bits per heavy atom. The van der Waals surface area contributed by atoms with Crippen molar-refractivity contribution in [3.05, 3.63) is 36.0 Å². The van der Waals surface area contributed by atoms with Crippen molar-refractivity contribution in [2.45, 2.75) is 56.7 Å². The summed E-state index contributed by atoms with van der Waals surface area (Å²) >= 11 is 0. The highest BCUT2D eigenvalue weighted by Crippen LogP contribution is 2.18. The second-order valence-corrected chi connectivity index (χ2v) is 8.78. The fourth-order valence-electron chi connectivity index (χ4n) is 3.84. The minimum Gasteiger partial charge on any atom is -0.481 e. The van der Waals surface area contributed by atoms with Crippen LogP contribution in [0.15, 0.2) is 35.5 Å². The Hall–Kier alpha value is -4.10. The summed E-state index contributed by atoms with van der Waals surface area (Å²) in [6, 6.07) is 4.35. The van der Waals surface area contributed by atoms with E-state index in [0.717, 1.165) is 16.5 Å². The molecule has 0 saturated carbocycles. The van der Waals surface area contributed by atoms with Crippen molar-refractivity contribution in [2.24, 2.45) is 16.5 Å². The van der Waals surface area contributed by atoms with Gasteiger partial charge < -0.3 is 37.5 Å². The van der Waals surface area contributed by atoms with E-state index in [2.05, 4.69) is 32.6 Å². The number of aliphatic carboxylic acids is 1. The van der Waals surface area contributed by atoms with Crippen LogP contribution < -0.4 is 27.4 Å². The number of hydrogen-bond acceptors (Lipinski definition) is 7. The Morgan fingerprint density at radius 2 is 1.76 bits per heavy atom. The van der Waals surface area contributed by atoms with Crippen molar-refractivity contribution in [1.29, 1.82) is 0 Å². The van der Waals surface area contributed by atoms with Gasteiger partial charge in [0.1, 0.15) is 12.1 Å². The molecule has 4 amide bonds. The molecule has 3 atom stereocenters. The molecule has 0 unspecified atom stereocenters. The lowest BCUT2D eigenvalue weighted by Gasteiger charge is -2.21. The zero-order chi connectivity index (χ0) is 28.1. The molecule has 0 spiro atoms. The SMILES string of the molecule is C=NC(=O)[C@H](CCCCN)NC(=O)CNC(=O)[C@H](CCC(=O)O)NC(=O)[C@@H](N)Cc1c[nH]c2ccccc12. The fourth-order valence-corrected chi connectivity index (χ4v) is 3.84. The van der Waals surface area contributed by atoms with E-state index in [4.69, 9.17) is 16.6 Å². The molecule has 1 aromatic carbocycles. The first-order valence-corrected chi connectivity index (χ1v) is 12.3. The number of aromatic nitrogens is 1. The van der Waals surface area contributed by atoms with E-state index < -0.39 is 60.7 Å². The van der Waals surface area contributed by atoms with Crippen LogP contribution in [0.5, 0.6) is 0 Å². The van der Waals surface area contributed by atoms with Crippen molar-refractivity contribution in [1.82, 2.24) is 20.9 Å². The molecule has 0 aliphatic heterocycles. The van der Waals surface area contributed by atoms with Crippen LogP contribution in [-0.2, 0) is 30.4 Å². The van der Waals surface area contributed by atoms with Gasteiger partial charge in [0.2, 0.25) is 17.7 Å². The predicted molar refractivity (Wildman–Crippen MR) is 141 cm³/mol. The van der Waals surface area contributed by atoms with E-state index in [1.165, 1.54) is 0 Å². The van der Waals surface area contributed by atoms with Gasteiger partial charge in [-0.25, -0.2) is 4.99 Å². The molecule has 1 heterocycles. The smallest absolute Gasteiger partial charge is 0.303 e. The Morgan fingerprint density at radius 3 is 2.45 bits per heavy atom. The van der Waals surface area contributed by atoms with Crippen LogP contribution in [0.2, 0.25) is 0 Å². The molecule has 1 aromatic heterocycles. The van der Waals surface area contributed by atoms with Gasteiger partial charge in [0.05, 0.1) is 12.6 Å². The molecule has 0 aliphatic rings. The Bertz CT molecular complexity index is 1150. The highest BCUT2D eigenvalue weighted by molar-refractivity contribution is 5.94. The fraction of sp³-hybridized carbons (Fsp3) is 0.440. The van der Waals surface area contributed by atoms with Crippen LogP contribution >= 0.6 is 0 Å². The number of amides is 4. The molecule has 2 rings (SSSR count).